The molecule has 8 nitrogen and oxygen atoms in total. The summed E-state index contributed by atoms with van der Waals surface area (Å²) in [5, 5.41) is 16.9. The number of alkyl carbamates (subject to hydrolysis) is 1. The Bertz CT molecular complexity index is 1200. The van der Waals surface area contributed by atoms with Crippen molar-refractivity contribution in [2.75, 3.05) is 5.32 Å². The summed E-state index contributed by atoms with van der Waals surface area (Å²) in [7, 11) is 0. The number of benzene rings is 2. The van der Waals surface area contributed by atoms with Crippen molar-refractivity contribution in [2.24, 2.45) is 5.92 Å². The van der Waals surface area contributed by atoms with Crippen LogP contribution < -0.4 is 10.6 Å². The van der Waals surface area contributed by atoms with E-state index in [2.05, 4.69) is 10.6 Å². The Morgan fingerprint density at radius 3 is 2.10 bits per heavy atom. The van der Waals surface area contributed by atoms with Gasteiger partial charge in [-0.15, -0.1) is 0 Å². The molecule has 0 fully saturated rings. The molecule has 3 atom stereocenters. The molecule has 0 aliphatic heterocycles. The van der Waals surface area contributed by atoms with E-state index in [9.17, 15) is 19.5 Å². The molecule has 0 saturated carbocycles. The minimum Gasteiger partial charge on any atom is -0.507 e. The van der Waals surface area contributed by atoms with Gasteiger partial charge in [0.25, 0.3) is 5.91 Å². The fourth-order valence-electron chi connectivity index (χ4n) is 4.43. The van der Waals surface area contributed by atoms with Gasteiger partial charge in [0.15, 0.2) is 0 Å². The Balaban J connectivity index is 2.73. The highest BCUT2D eigenvalue weighted by Gasteiger charge is 2.45. The molecule has 40 heavy (non-hydrogen) atoms. The van der Waals surface area contributed by atoms with Crippen LogP contribution in [0.25, 0.3) is 0 Å². The number of phenols is 1. The maximum absolute atomic E-state index is 14.6. The first-order valence-electron chi connectivity index (χ1n) is 14.0. The number of aryl methyl sites for hydroxylation is 2. The maximum atomic E-state index is 14.6. The largest absolute Gasteiger partial charge is 0.507 e. The van der Waals surface area contributed by atoms with Gasteiger partial charge in [-0.2, -0.15) is 0 Å². The van der Waals surface area contributed by atoms with Gasteiger partial charge in [-0.05, 0) is 78.0 Å². The lowest BCUT2D eigenvalue weighted by atomic mass is 9.88. The Morgan fingerprint density at radius 2 is 1.55 bits per heavy atom. The number of para-hydroxylation sites is 2. The van der Waals surface area contributed by atoms with Crippen LogP contribution in [0.1, 0.15) is 91.0 Å². The van der Waals surface area contributed by atoms with Crippen LogP contribution in [-0.4, -0.2) is 45.1 Å². The number of carbonyl (C=O) groups is 3. The number of ether oxygens (including phenoxy) is 1. The Kier molecular flexibility index (Phi) is 10.8. The summed E-state index contributed by atoms with van der Waals surface area (Å²) in [5.41, 5.74) is 0.775. The van der Waals surface area contributed by atoms with Crippen LogP contribution >= 0.6 is 0 Å². The molecule has 3 unspecified atom stereocenters. The molecule has 2 aromatic carbocycles. The summed E-state index contributed by atoms with van der Waals surface area (Å²) in [6, 6.07) is 10.4. The maximum Gasteiger partial charge on any atom is 0.408 e. The average molecular weight is 554 g/mol. The molecule has 2 rings (SSSR count). The molecule has 0 spiro atoms. The molecule has 3 amide bonds. The minimum absolute atomic E-state index is 0.0580. The van der Waals surface area contributed by atoms with Crippen LogP contribution in [0, 0.1) is 19.8 Å². The van der Waals surface area contributed by atoms with Gasteiger partial charge in [0.05, 0.1) is 0 Å². The first kappa shape index (κ1) is 32.7. The molecule has 2 aromatic rings. The number of hydrogen-bond acceptors (Lipinski definition) is 5. The number of nitrogens with zero attached hydrogens (tertiary/aromatic N) is 1. The zero-order valence-electron chi connectivity index (χ0n) is 25.7. The number of anilines is 1. The molecule has 8 heteroatoms. The summed E-state index contributed by atoms with van der Waals surface area (Å²) in [6.45, 7) is 18.4. The molecular weight excluding hydrogens is 506 g/mol. The van der Waals surface area contributed by atoms with Crippen molar-refractivity contribution in [3.63, 3.8) is 0 Å². The summed E-state index contributed by atoms with van der Waals surface area (Å²) >= 11 is 0. The second-order valence-corrected chi connectivity index (χ2v) is 12.1. The normalized spacial score (nSPS) is 14.1. The van der Waals surface area contributed by atoms with Gasteiger partial charge in [0.2, 0.25) is 5.91 Å². The van der Waals surface area contributed by atoms with Crippen LogP contribution in [0.4, 0.5) is 10.5 Å². The van der Waals surface area contributed by atoms with Crippen molar-refractivity contribution in [3.8, 4) is 5.75 Å². The molecule has 3 N–H and O–H groups in total. The summed E-state index contributed by atoms with van der Waals surface area (Å²) in [4.78, 5) is 43.1. The first-order chi connectivity index (χ1) is 18.5. The number of hydrogen-bond donors (Lipinski definition) is 3. The predicted molar refractivity (Wildman–Crippen MR) is 159 cm³/mol. The van der Waals surface area contributed by atoms with Crippen LogP contribution in [0.5, 0.6) is 5.75 Å². The quantitative estimate of drug-likeness (QED) is 0.305. The molecule has 220 valence electrons. The molecule has 0 aliphatic rings. The number of carbonyl (C=O) groups excluding carboxylic acids is 3. The van der Waals surface area contributed by atoms with Crippen molar-refractivity contribution in [1.82, 2.24) is 10.2 Å². The lowest BCUT2D eigenvalue weighted by Gasteiger charge is -2.45. The van der Waals surface area contributed by atoms with Crippen LogP contribution in [0.2, 0.25) is 0 Å². The van der Waals surface area contributed by atoms with E-state index in [1.807, 2.05) is 59.7 Å². The Morgan fingerprint density at radius 1 is 0.950 bits per heavy atom. The second-order valence-electron chi connectivity index (χ2n) is 12.1. The van der Waals surface area contributed by atoms with Gasteiger partial charge in [0.1, 0.15) is 23.4 Å². The van der Waals surface area contributed by atoms with E-state index in [0.717, 1.165) is 5.56 Å². The third-order valence-electron chi connectivity index (χ3n) is 7.38. The monoisotopic (exact) mass is 553 g/mol. The molecule has 0 radical (unpaired) electrons. The zero-order chi connectivity index (χ0) is 30.4. The molecule has 0 aromatic heterocycles. The number of aromatic hydroxyl groups is 1. The topological polar surface area (TPSA) is 108 Å². The molecule has 0 saturated heterocycles. The number of nitrogens with one attached hydrogen (secondary N) is 2. The zero-order valence-corrected chi connectivity index (χ0v) is 25.7. The fraction of sp³-hybridized carbons (Fsp3) is 0.531. The minimum atomic E-state index is -1.19. The van der Waals surface area contributed by atoms with Crippen LogP contribution in [-0.2, 0) is 14.3 Å². The number of phenolic OH excluding ortho intramolecular Hbond substituents is 1. The Labute approximate surface area is 239 Å². The van der Waals surface area contributed by atoms with E-state index in [4.69, 9.17) is 4.74 Å². The molecular formula is C32H47N3O5. The summed E-state index contributed by atoms with van der Waals surface area (Å²) in [6.07, 6.45) is 0.404. The molecule has 0 bridgehead atoms. The summed E-state index contributed by atoms with van der Waals surface area (Å²) < 4.78 is 5.48. The van der Waals surface area contributed by atoms with Crippen LogP contribution in [0.15, 0.2) is 42.5 Å². The van der Waals surface area contributed by atoms with Gasteiger partial charge in [-0.1, -0.05) is 63.6 Å². The van der Waals surface area contributed by atoms with Gasteiger partial charge < -0.3 is 25.4 Å². The van der Waals surface area contributed by atoms with E-state index < -0.39 is 41.1 Å². The van der Waals surface area contributed by atoms with Crippen molar-refractivity contribution in [1.29, 1.82) is 0 Å². The predicted octanol–water partition coefficient (Wildman–Crippen LogP) is 6.65. The first-order valence-corrected chi connectivity index (χ1v) is 14.0. The van der Waals surface area contributed by atoms with Gasteiger partial charge in [0, 0.05) is 16.8 Å². The van der Waals surface area contributed by atoms with Crippen molar-refractivity contribution < 1.29 is 24.2 Å². The van der Waals surface area contributed by atoms with Crippen molar-refractivity contribution in [2.45, 2.75) is 105 Å². The highest BCUT2D eigenvalue weighted by Crippen LogP contribution is 2.38. The molecule has 0 heterocycles. The van der Waals surface area contributed by atoms with E-state index in [-0.39, 0.29) is 11.7 Å². The lowest BCUT2D eigenvalue weighted by Crippen LogP contribution is -2.60. The van der Waals surface area contributed by atoms with Gasteiger partial charge in [-0.25, -0.2) is 4.79 Å². The highest BCUT2D eigenvalue weighted by atomic mass is 16.6. The average Bonchev–Trinajstić information content (AvgIpc) is 2.87. The SMILES string of the molecule is CCC(C)C(NC(=O)OC(C)(C)C)C(=O)N(C(C(=O)Nc1ccccc1C)c1cccc(C)c1O)C(C)(C)CC. The highest BCUT2D eigenvalue weighted by molar-refractivity contribution is 6.00. The Hall–Kier alpha value is -3.55. The third-order valence-corrected chi connectivity index (χ3v) is 7.38. The summed E-state index contributed by atoms with van der Waals surface area (Å²) in [5.74, 6) is -1.22. The lowest BCUT2D eigenvalue weighted by molar-refractivity contribution is -0.148. The number of rotatable bonds is 10. The molecule has 0 aliphatic carbocycles. The standard InChI is InChI=1S/C32H47N3O5/c1-11-20(3)25(34-30(39)40-31(6,7)8)29(38)35(32(9,10)12-2)26(23-18-15-17-22(5)27(23)36)28(37)33-24-19-14-13-16-21(24)4/h13-20,25-26,36H,11-12H2,1-10H3,(H,33,37)(H,34,39). The van der Waals surface area contributed by atoms with Gasteiger partial charge >= 0.3 is 6.09 Å². The van der Waals surface area contributed by atoms with E-state index in [0.29, 0.717) is 29.7 Å². The number of amides is 3. The van der Waals surface area contributed by atoms with Crippen LogP contribution in [0.3, 0.4) is 0 Å². The van der Waals surface area contributed by atoms with E-state index in [1.54, 1.807) is 52.0 Å². The third kappa shape index (κ3) is 7.99. The smallest absolute Gasteiger partial charge is 0.408 e. The second kappa shape index (κ2) is 13.2. The van der Waals surface area contributed by atoms with Crippen molar-refractivity contribution >= 4 is 23.6 Å². The van der Waals surface area contributed by atoms with Gasteiger partial charge in [-0.3, -0.25) is 9.59 Å². The van der Waals surface area contributed by atoms with E-state index in [1.165, 1.54) is 4.90 Å². The van der Waals surface area contributed by atoms with E-state index >= 15 is 0 Å². The van der Waals surface area contributed by atoms with Crippen molar-refractivity contribution in [3.05, 3.63) is 59.2 Å². The fourth-order valence-corrected chi connectivity index (χ4v) is 4.43.